The highest BCUT2D eigenvalue weighted by molar-refractivity contribution is 5.73. The van der Waals surface area contributed by atoms with Crippen LogP contribution in [0.5, 0.6) is 0 Å². The van der Waals surface area contributed by atoms with Crippen LogP contribution in [0.25, 0.3) is 0 Å². The minimum absolute atomic E-state index is 0.641. The van der Waals surface area contributed by atoms with Crippen molar-refractivity contribution < 1.29 is 79.0 Å². The Kier molecular flexibility index (Phi) is 11.7. The molecule has 13 N–H and O–H groups in total. The van der Waals surface area contributed by atoms with Crippen molar-refractivity contribution in [2.45, 2.75) is 106 Å². The largest absolute Gasteiger partial charge is 0.394 e. The van der Waals surface area contributed by atoms with Crippen molar-refractivity contribution in [3.63, 3.8) is 0 Å². The summed E-state index contributed by atoms with van der Waals surface area (Å²) < 4.78 is 24.3. The number of carbonyl (C=O) groups is 2. The van der Waals surface area contributed by atoms with Crippen molar-refractivity contribution in [3.8, 4) is 0 Å². The number of hydrogen-bond acceptors (Lipinski definition) is 16. The van der Waals surface area contributed by atoms with Crippen molar-refractivity contribution >= 4 is 11.8 Å². The molecular weight excluding hydrogens is 562 g/mol. The molecular formula is C22H40N3O16+. The second-order valence-corrected chi connectivity index (χ2v) is 10.1. The topological polar surface area (TPSA) is 306 Å². The first kappa shape index (κ1) is 33.8. The summed E-state index contributed by atoms with van der Waals surface area (Å²) in [6.07, 6.45) is -21.3. The standard InChI is InChI=1S/C22H39N3O16/c1-6(29)24-11-14(32)19(10(5-28)41(23)20(11)36)40-21-12(25-7(2)30)15(33)18(9(4-27)38-21)39-22-17(35)16(34)13(31)8(3-26)37-22/h8-22,26-28,31-36H,3-5,23H2,1-2H3,(H-,24,25,29,30)/p+1/t8-,9-,10-,11-,12-,13-,14-,15-,16+,17+,18-,19-,20-,21+,22+/m1/s1. The Balaban J connectivity index is 1.88. The van der Waals surface area contributed by atoms with Gasteiger partial charge in [0.2, 0.25) is 17.9 Å². The molecule has 0 spiro atoms. The monoisotopic (exact) mass is 602 g/mol. The van der Waals surface area contributed by atoms with Crippen molar-refractivity contribution in [3.05, 3.63) is 0 Å². The summed E-state index contributed by atoms with van der Waals surface area (Å²) in [4.78, 5) is 23.7. The number of carbonyl (C=O) groups excluding carboxylic acids is 2. The lowest BCUT2D eigenvalue weighted by Gasteiger charge is -2.49. The maximum Gasteiger partial charge on any atom is 0.309 e. The average molecular weight is 603 g/mol. The summed E-state index contributed by atoms with van der Waals surface area (Å²) in [5.41, 5.74) is 0. The molecule has 3 aliphatic heterocycles. The third-order valence-electron chi connectivity index (χ3n) is 7.21. The number of aliphatic hydroxyl groups excluding tert-OH is 9. The van der Waals surface area contributed by atoms with E-state index in [0.29, 0.717) is 0 Å². The first-order valence-electron chi connectivity index (χ1n) is 12.8. The van der Waals surface area contributed by atoms with E-state index in [2.05, 4.69) is 10.6 Å². The molecule has 3 heterocycles. The van der Waals surface area contributed by atoms with E-state index in [1.807, 2.05) is 0 Å². The molecule has 0 radical (unpaired) electrons. The number of rotatable bonds is 9. The summed E-state index contributed by atoms with van der Waals surface area (Å²) in [5, 5.41) is 97.1. The van der Waals surface area contributed by atoms with Gasteiger partial charge >= 0.3 is 6.29 Å². The van der Waals surface area contributed by atoms with Crippen molar-refractivity contribution in [2.24, 2.45) is 5.90 Å². The van der Waals surface area contributed by atoms with E-state index in [0.717, 1.165) is 13.8 Å². The summed E-state index contributed by atoms with van der Waals surface area (Å²) >= 11 is 0. The molecule has 0 aromatic carbocycles. The number of nitrogens with two attached hydrogens (primary N) is 1. The van der Waals surface area contributed by atoms with Crippen LogP contribution >= 0.6 is 0 Å². The van der Waals surface area contributed by atoms with Crippen molar-refractivity contribution in [1.82, 2.24) is 10.6 Å². The van der Waals surface area contributed by atoms with E-state index in [4.69, 9.17) is 24.8 Å². The van der Waals surface area contributed by atoms with Crippen LogP contribution in [0.2, 0.25) is 0 Å². The maximum atomic E-state index is 12.0. The van der Waals surface area contributed by atoms with Crippen LogP contribution in [-0.4, -0.2) is 170 Å². The molecule has 3 aliphatic rings. The molecule has 19 nitrogen and oxygen atoms in total. The Bertz CT molecular complexity index is 886. The van der Waals surface area contributed by atoms with E-state index in [-0.39, 0.29) is 0 Å². The maximum absolute atomic E-state index is 12.0. The van der Waals surface area contributed by atoms with Gasteiger partial charge in [-0.3, -0.25) is 14.1 Å². The molecule has 41 heavy (non-hydrogen) atoms. The van der Waals surface area contributed by atoms with E-state index >= 15 is 0 Å². The van der Waals surface area contributed by atoms with Crippen molar-refractivity contribution in [1.29, 1.82) is 0 Å². The Morgan fingerprint density at radius 2 is 1.22 bits per heavy atom. The normalized spacial score (nSPS) is 45.7. The van der Waals surface area contributed by atoms with Gasteiger partial charge in [-0.05, 0) is 0 Å². The van der Waals surface area contributed by atoms with Gasteiger partial charge in [-0.15, -0.1) is 0 Å². The Morgan fingerprint density at radius 3 is 1.76 bits per heavy atom. The molecule has 19 heteroatoms. The van der Waals surface area contributed by atoms with Crippen LogP contribution in [0.15, 0.2) is 0 Å². The van der Waals surface area contributed by atoms with Crippen LogP contribution in [0.1, 0.15) is 13.8 Å². The molecule has 3 saturated heterocycles. The predicted octanol–water partition coefficient (Wildman–Crippen LogP) is -7.88. The predicted molar refractivity (Wildman–Crippen MR) is 129 cm³/mol. The highest BCUT2D eigenvalue weighted by atomic mass is 16.9. The molecule has 0 unspecified atom stereocenters. The van der Waals surface area contributed by atoms with Gasteiger partial charge in [-0.25, -0.2) is 0 Å². The van der Waals surface area contributed by atoms with E-state index in [1.54, 1.807) is 4.47 Å². The fourth-order valence-electron chi connectivity index (χ4n) is 5.07. The summed E-state index contributed by atoms with van der Waals surface area (Å²) in [6.45, 7) is -0.176. The first-order chi connectivity index (χ1) is 19.3. The third kappa shape index (κ3) is 7.12. The Morgan fingerprint density at radius 1 is 0.707 bits per heavy atom. The first-order valence-corrected chi connectivity index (χ1v) is 12.8. The summed E-state index contributed by atoms with van der Waals surface area (Å²) in [7, 11) is 0. The number of aliphatic hydroxyl groups is 9. The fourth-order valence-corrected chi connectivity index (χ4v) is 5.07. The zero-order chi connectivity index (χ0) is 30.8. The van der Waals surface area contributed by atoms with Gasteiger partial charge in [0.1, 0.15) is 61.5 Å². The second-order valence-electron chi connectivity index (χ2n) is 10.1. The Labute approximate surface area is 233 Å². The minimum Gasteiger partial charge on any atom is -0.394 e. The molecule has 0 aliphatic carbocycles. The van der Waals surface area contributed by atoms with Crippen LogP contribution in [0, 0.1) is 0 Å². The van der Waals surface area contributed by atoms with Gasteiger partial charge in [0.15, 0.2) is 24.7 Å². The smallest absolute Gasteiger partial charge is 0.309 e. The quantitative estimate of drug-likeness (QED) is 0.109. The van der Waals surface area contributed by atoms with E-state index < -0.39 is 124 Å². The van der Waals surface area contributed by atoms with Crippen LogP contribution < -0.4 is 16.5 Å². The number of ether oxygens (including phenoxy) is 4. The van der Waals surface area contributed by atoms with Gasteiger partial charge in [-0.1, -0.05) is 5.90 Å². The zero-order valence-electron chi connectivity index (χ0n) is 22.2. The number of hydrogen-bond donors (Lipinski definition) is 12. The number of nitrogens with one attached hydrogen (secondary N) is 2. The lowest BCUT2D eigenvalue weighted by Crippen LogP contribution is -2.72. The molecule has 3 rings (SSSR count). The molecule has 0 aromatic heterocycles. The molecule has 0 aromatic rings. The molecule has 3 fully saturated rings. The summed E-state index contributed by atoms with van der Waals surface area (Å²) in [6, 6.07) is -2.93. The van der Waals surface area contributed by atoms with Gasteiger partial charge in [-0.2, -0.15) is 0 Å². The third-order valence-corrected chi connectivity index (χ3v) is 7.21. The molecule has 2 amide bonds. The van der Waals surface area contributed by atoms with Gasteiger partial charge in [0.25, 0.3) is 0 Å². The molecule has 0 bridgehead atoms. The fraction of sp³-hybridized carbons (Fsp3) is 0.909. The Hall–Kier alpha value is -1.66. The average Bonchev–Trinajstić information content (AvgIpc) is 2.92. The second kappa shape index (κ2) is 14.2. The lowest BCUT2D eigenvalue weighted by atomic mass is 9.94. The zero-order valence-corrected chi connectivity index (χ0v) is 22.2. The SMILES string of the molecule is CC(=O)N[C@@H]1[C@@H](O)[C@H](O[C@@H]2O[C@H](CO)[C@@H](O[C@@H]3O[C@H](CO)[C@@H](O)[C@H](O)[C@@H]3O)[C@H](O)[C@H]2NC(C)=O)[C@@H](CO)[O+](N)[C@H]1O. The minimum atomic E-state index is -1.86. The van der Waals surface area contributed by atoms with Crippen LogP contribution in [0.4, 0.5) is 0 Å². The van der Waals surface area contributed by atoms with Gasteiger partial charge in [0, 0.05) is 13.8 Å². The molecule has 0 saturated carbocycles. The lowest BCUT2D eigenvalue weighted by molar-refractivity contribution is -0.404. The molecule has 15 atom stereocenters. The molecule has 238 valence electrons. The van der Waals surface area contributed by atoms with Crippen LogP contribution in [0.3, 0.4) is 0 Å². The van der Waals surface area contributed by atoms with E-state index in [9.17, 15) is 55.5 Å². The highest BCUT2D eigenvalue weighted by Crippen LogP contribution is 2.33. The van der Waals surface area contributed by atoms with E-state index in [1.165, 1.54) is 0 Å². The number of amides is 2. The summed E-state index contributed by atoms with van der Waals surface area (Å²) in [5.74, 6) is 4.49. The van der Waals surface area contributed by atoms with Gasteiger partial charge < -0.3 is 75.5 Å². The highest BCUT2D eigenvalue weighted by Gasteiger charge is 2.58. The van der Waals surface area contributed by atoms with Gasteiger partial charge in [0.05, 0.1) is 13.2 Å². The van der Waals surface area contributed by atoms with Crippen LogP contribution in [-0.2, 0) is 33.0 Å². The van der Waals surface area contributed by atoms with Crippen molar-refractivity contribution in [2.75, 3.05) is 19.8 Å².